The number of rotatable bonds is 2. The SMILES string of the molecule is CC(=O)N1C2C([N+](=O)[O-])C3N(C(C)=O)C1C([N+](=O)[O-])C(N2C(C)=O)N3C(C)=O. The first-order valence-corrected chi connectivity index (χ1v) is 8.36. The van der Waals surface area contributed by atoms with Crippen LogP contribution in [-0.2, 0) is 19.2 Å². The maximum atomic E-state index is 12.3. The first-order valence-electron chi connectivity index (χ1n) is 8.36. The van der Waals surface area contributed by atoms with Gasteiger partial charge in [0, 0.05) is 37.5 Å². The lowest BCUT2D eigenvalue weighted by molar-refractivity contribution is -0.607. The van der Waals surface area contributed by atoms with Crippen molar-refractivity contribution in [2.75, 3.05) is 0 Å². The Morgan fingerprint density at radius 2 is 0.750 bits per heavy atom. The molecule has 0 radical (unpaired) electrons. The first kappa shape index (κ1) is 19.4. The summed E-state index contributed by atoms with van der Waals surface area (Å²) >= 11 is 0. The smallest absolute Gasteiger partial charge is 0.288 e. The number of hydrogen-bond donors (Lipinski definition) is 0. The molecule has 4 amide bonds. The largest absolute Gasteiger partial charge is 0.290 e. The van der Waals surface area contributed by atoms with Crippen molar-refractivity contribution in [2.24, 2.45) is 0 Å². The third-order valence-electron chi connectivity index (χ3n) is 5.44. The zero-order valence-electron chi connectivity index (χ0n) is 15.4. The van der Waals surface area contributed by atoms with E-state index in [1.165, 1.54) is 0 Å². The average Bonchev–Trinajstić information content (AvgIpc) is 2.52. The summed E-state index contributed by atoms with van der Waals surface area (Å²) in [5.74, 6) is -3.06. The van der Waals surface area contributed by atoms with Gasteiger partial charge in [0.15, 0.2) is 24.7 Å². The van der Waals surface area contributed by atoms with Gasteiger partial charge in [0.2, 0.25) is 23.6 Å². The van der Waals surface area contributed by atoms with Gasteiger partial charge in [-0.15, -0.1) is 0 Å². The van der Waals surface area contributed by atoms with E-state index in [0.29, 0.717) is 0 Å². The summed E-state index contributed by atoms with van der Waals surface area (Å²) in [5, 5.41) is 23.8. The number of carbonyl (C=O) groups excluding carboxylic acids is 4. The van der Waals surface area contributed by atoms with Crippen molar-refractivity contribution in [2.45, 2.75) is 64.4 Å². The van der Waals surface area contributed by atoms with E-state index in [0.717, 1.165) is 47.3 Å². The van der Waals surface area contributed by atoms with Gasteiger partial charge in [-0.25, -0.2) is 0 Å². The van der Waals surface area contributed by atoms with Gasteiger partial charge in [-0.2, -0.15) is 0 Å². The van der Waals surface area contributed by atoms with Crippen LogP contribution in [-0.4, -0.2) is 89.8 Å². The molecule has 152 valence electrons. The molecule has 0 saturated carbocycles. The van der Waals surface area contributed by atoms with E-state index < -0.39 is 70.2 Å². The Bertz CT molecular complexity index is 621. The fraction of sp³-hybridized carbons (Fsp3) is 0.714. The van der Waals surface area contributed by atoms with E-state index in [4.69, 9.17) is 0 Å². The molecular formula is C14H18N6O8. The normalized spacial score (nSPS) is 33.1. The molecule has 4 rings (SSSR count). The molecule has 4 aliphatic rings. The van der Waals surface area contributed by atoms with Crippen LogP contribution < -0.4 is 0 Å². The predicted molar refractivity (Wildman–Crippen MR) is 86.8 cm³/mol. The van der Waals surface area contributed by atoms with Crippen LogP contribution in [0.4, 0.5) is 0 Å². The summed E-state index contributed by atoms with van der Waals surface area (Å²) < 4.78 is 0. The minimum atomic E-state index is -1.74. The minimum absolute atomic E-state index is 0.764. The summed E-state index contributed by atoms with van der Waals surface area (Å²) in [6.45, 7) is 4.20. The molecular weight excluding hydrogens is 380 g/mol. The van der Waals surface area contributed by atoms with Gasteiger partial charge in [-0.3, -0.25) is 59.0 Å². The molecule has 28 heavy (non-hydrogen) atoms. The van der Waals surface area contributed by atoms with Crippen molar-refractivity contribution >= 4 is 23.6 Å². The highest BCUT2D eigenvalue weighted by Gasteiger charge is 2.77. The number of carbonyl (C=O) groups is 4. The average molecular weight is 398 g/mol. The van der Waals surface area contributed by atoms with Crippen molar-refractivity contribution in [3.8, 4) is 0 Å². The van der Waals surface area contributed by atoms with Crippen molar-refractivity contribution in [1.82, 2.24) is 19.6 Å². The number of hydrogen-bond acceptors (Lipinski definition) is 8. The molecule has 4 saturated heterocycles. The molecule has 4 aliphatic heterocycles. The van der Waals surface area contributed by atoms with Crippen LogP contribution in [0.2, 0.25) is 0 Å². The second-order valence-corrected chi connectivity index (χ2v) is 6.91. The zero-order chi connectivity index (χ0) is 21.2. The van der Waals surface area contributed by atoms with Crippen LogP contribution in [0.15, 0.2) is 0 Å². The Hall–Kier alpha value is -3.32. The highest BCUT2D eigenvalue weighted by atomic mass is 16.6. The lowest BCUT2D eigenvalue weighted by Gasteiger charge is -2.67. The molecule has 4 heterocycles. The summed E-state index contributed by atoms with van der Waals surface area (Å²) in [5.41, 5.74) is 0. The second kappa shape index (κ2) is 6.10. The molecule has 0 N–H and O–H groups in total. The molecule has 14 heteroatoms. The molecule has 0 atom stereocenters. The molecule has 0 unspecified atom stereocenters. The molecule has 4 fully saturated rings. The Balaban J connectivity index is 2.37. The summed E-state index contributed by atoms with van der Waals surface area (Å²) in [6, 6.07) is -3.47. The van der Waals surface area contributed by atoms with Crippen molar-refractivity contribution in [1.29, 1.82) is 0 Å². The highest BCUT2D eigenvalue weighted by molar-refractivity contribution is 5.84. The lowest BCUT2D eigenvalue weighted by atomic mass is 9.84. The van der Waals surface area contributed by atoms with Gasteiger partial charge < -0.3 is 0 Å². The summed E-state index contributed by atoms with van der Waals surface area (Å²) in [6.07, 6.45) is -5.81. The number of nitro groups is 2. The standard InChI is InChI=1S/C14H18N6O8/c1-5(21)15-11-9(19(25)26)14-17(7(3)23)12(15)10(20(27)28)13(16(11)6(2)22)18(14)8(4)24/h9-14H,1-4H3. The van der Waals surface area contributed by atoms with Gasteiger partial charge in [0.05, 0.1) is 0 Å². The molecule has 0 aromatic heterocycles. The van der Waals surface area contributed by atoms with E-state index in [9.17, 15) is 39.4 Å². The Morgan fingerprint density at radius 3 is 0.857 bits per heavy atom. The first-order chi connectivity index (χ1) is 12.9. The Labute approximate surface area is 157 Å². The van der Waals surface area contributed by atoms with Crippen LogP contribution >= 0.6 is 0 Å². The second-order valence-electron chi connectivity index (χ2n) is 6.91. The number of nitrogens with zero attached hydrogens (tertiary/aromatic N) is 6. The fourth-order valence-corrected chi connectivity index (χ4v) is 4.71. The van der Waals surface area contributed by atoms with Crippen LogP contribution in [0.5, 0.6) is 0 Å². The third kappa shape index (κ3) is 2.26. The van der Waals surface area contributed by atoms with Gasteiger partial charge in [0.25, 0.3) is 12.1 Å². The van der Waals surface area contributed by atoms with E-state index in [1.807, 2.05) is 0 Å². The maximum Gasteiger partial charge on any atom is 0.290 e. The van der Waals surface area contributed by atoms with Crippen molar-refractivity contribution in [3.05, 3.63) is 20.2 Å². The Kier molecular flexibility index (Phi) is 4.24. The fourth-order valence-electron chi connectivity index (χ4n) is 4.71. The molecule has 4 bridgehead atoms. The van der Waals surface area contributed by atoms with Gasteiger partial charge in [-0.1, -0.05) is 0 Å². The highest BCUT2D eigenvalue weighted by Crippen LogP contribution is 2.47. The third-order valence-corrected chi connectivity index (χ3v) is 5.44. The van der Waals surface area contributed by atoms with Crippen molar-refractivity contribution < 1.29 is 29.0 Å². The van der Waals surface area contributed by atoms with Gasteiger partial charge >= 0.3 is 0 Å². The van der Waals surface area contributed by atoms with Gasteiger partial charge in [-0.05, 0) is 0 Å². The van der Waals surface area contributed by atoms with Crippen molar-refractivity contribution in [3.63, 3.8) is 0 Å². The molecule has 14 nitrogen and oxygen atoms in total. The molecule has 0 spiro atoms. The quantitative estimate of drug-likeness (QED) is 0.381. The van der Waals surface area contributed by atoms with Crippen LogP contribution in [0.3, 0.4) is 0 Å². The van der Waals surface area contributed by atoms with E-state index >= 15 is 0 Å². The lowest BCUT2D eigenvalue weighted by Crippen LogP contribution is -2.94. The van der Waals surface area contributed by atoms with E-state index in [-0.39, 0.29) is 0 Å². The van der Waals surface area contributed by atoms with Crippen LogP contribution in [0.1, 0.15) is 27.7 Å². The predicted octanol–water partition coefficient (Wildman–Crippen LogP) is -1.98. The molecule has 0 aromatic rings. The summed E-state index contributed by atoms with van der Waals surface area (Å²) in [7, 11) is 0. The van der Waals surface area contributed by atoms with E-state index in [2.05, 4.69) is 0 Å². The molecule has 0 aromatic carbocycles. The zero-order valence-corrected chi connectivity index (χ0v) is 15.4. The Morgan fingerprint density at radius 1 is 0.571 bits per heavy atom. The van der Waals surface area contributed by atoms with Crippen LogP contribution in [0.25, 0.3) is 0 Å². The molecule has 0 aliphatic carbocycles. The minimum Gasteiger partial charge on any atom is -0.288 e. The topological polar surface area (TPSA) is 168 Å². The van der Waals surface area contributed by atoms with Crippen LogP contribution in [0, 0.1) is 20.2 Å². The van der Waals surface area contributed by atoms with E-state index in [1.54, 1.807) is 0 Å². The number of amides is 4. The summed E-state index contributed by atoms with van der Waals surface area (Å²) in [4.78, 5) is 75.0. The maximum absolute atomic E-state index is 12.3. The monoisotopic (exact) mass is 398 g/mol. The van der Waals surface area contributed by atoms with Gasteiger partial charge in [0.1, 0.15) is 0 Å².